The van der Waals surface area contributed by atoms with Crippen LogP contribution in [0.2, 0.25) is 0 Å². The fourth-order valence-electron chi connectivity index (χ4n) is 5.53. The number of carbonyl (C=O) groups excluding carboxylic acids is 2. The molecule has 2 aliphatic rings. The van der Waals surface area contributed by atoms with Crippen LogP contribution in [0.5, 0.6) is 0 Å². The van der Waals surface area contributed by atoms with E-state index in [2.05, 4.69) is 34.9 Å². The van der Waals surface area contributed by atoms with Gasteiger partial charge in [-0.05, 0) is 47.4 Å². The van der Waals surface area contributed by atoms with Crippen molar-refractivity contribution in [1.82, 2.24) is 10.6 Å². The molecule has 7 heteroatoms. The Morgan fingerprint density at radius 1 is 1.03 bits per heavy atom. The Bertz CT molecular complexity index is 1020. The summed E-state index contributed by atoms with van der Waals surface area (Å²) in [4.78, 5) is 36.6. The van der Waals surface area contributed by atoms with E-state index in [1.165, 1.54) is 11.1 Å². The van der Waals surface area contributed by atoms with Crippen molar-refractivity contribution in [3.63, 3.8) is 0 Å². The fraction of sp³-hybridized carbons (Fsp3) is 0.464. The van der Waals surface area contributed by atoms with Crippen LogP contribution < -0.4 is 10.6 Å². The fourth-order valence-corrected chi connectivity index (χ4v) is 5.53. The topological polar surface area (TPSA) is 105 Å². The second-order valence-electron chi connectivity index (χ2n) is 9.60. The summed E-state index contributed by atoms with van der Waals surface area (Å²) >= 11 is 0. The highest BCUT2D eigenvalue weighted by molar-refractivity contribution is 5.81. The zero-order chi connectivity index (χ0) is 24.8. The van der Waals surface area contributed by atoms with Gasteiger partial charge in [0.25, 0.3) is 0 Å². The highest BCUT2D eigenvalue weighted by Gasteiger charge is 2.32. The van der Waals surface area contributed by atoms with E-state index in [0.717, 1.165) is 36.8 Å². The Morgan fingerprint density at radius 2 is 1.69 bits per heavy atom. The minimum atomic E-state index is -0.835. The van der Waals surface area contributed by atoms with Crippen molar-refractivity contribution >= 4 is 18.0 Å². The number of benzene rings is 2. The number of hydrogen-bond donors (Lipinski definition) is 3. The minimum absolute atomic E-state index is 0.0172. The Labute approximate surface area is 206 Å². The van der Waals surface area contributed by atoms with Gasteiger partial charge < -0.3 is 20.5 Å². The third-order valence-electron chi connectivity index (χ3n) is 7.27. The molecule has 3 unspecified atom stereocenters. The Balaban J connectivity index is 1.31. The molecule has 3 atom stereocenters. The van der Waals surface area contributed by atoms with Gasteiger partial charge in [0.15, 0.2) is 0 Å². The number of ether oxygens (including phenoxy) is 1. The lowest BCUT2D eigenvalue weighted by atomic mass is 9.97. The van der Waals surface area contributed by atoms with Crippen LogP contribution in [0.3, 0.4) is 0 Å². The predicted molar refractivity (Wildman–Crippen MR) is 133 cm³/mol. The van der Waals surface area contributed by atoms with Crippen LogP contribution in [0.4, 0.5) is 4.79 Å². The lowest BCUT2D eigenvalue weighted by molar-refractivity contribution is -0.138. The van der Waals surface area contributed by atoms with E-state index in [1.807, 2.05) is 31.2 Å². The monoisotopic (exact) mass is 478 g/mol. The average molecular weight is 479 g/mol. The van der Waals surface area contributed by atoms with Gasteiger partial charge >= 0.3 is 12.1 Å². The largest absolute Gasteiger partial charge is 0.481 e. The number of carboxylic acids is 1. The van der Waals surface area contributed by atoms with Crippen molar-refractivity contribution in [2.45, 2.75) is 57.4 Å². The van der Waals surface area contributed by atoms with Gasteiger partial charge in [-0.15, -0.1) is 0 Å². The Morgan fingerprint density at radius 3 is 2.31 bits per heavy atom. The highest BCUT2D eigenvalue weighted by Crippen LogP contribution is 2.44. The number of nitrogens with one attached hydrogen (secondary N) is 2. The molecule has 0 radical (unpaired) electrons. The first-order valence-electron chi connectivity index (χ1n) is 12.6. The van der Waals surface area contributed by atoms with Crippen LogP contribution in [0.25, 0.3) is 11.1 Å². The summed E-state index contributed by atoms with van der Waals surface area (Å²) in [5, 5.41) is 14.9. The molecule has 4 rings (SSSR count). The maximum Gasteiger partial charge on any atom is 0.407 e. The maximum absolute atomic E-state index is 12.9. The van der Waals surface area contributed by atoms with E-state index in [4.69, 9.17) is 9.84 Å². The van der Waals surface area contributed by atoms with Crippen LogP contribution in [-0.2, 0) is 14.3 Å². The lowest BCUT2D eigenvalue weighted by Crippen LogP contribution is -2.44. The lowest BCUT2D eigenvalue weighted by Gasteiger charge is -2.23. The Hall–Kier alpha value is -3.35. The van der Waals surface area contributed by atoms with Gasteiger partial charge in [0.05, 0.1) is 12.3 Å². The molecule has 7 nitrogen and oxygen atoms in total. The molecule has 2 aromatic rings. The summed E-state index contributed by atoms with van der Waals surface area (Å²) in [5.41, 5.74) is 4.64. The van der Waals surface area contributed by atoms with Crippen LogP contribution in [0.1, 0.15) is 62.5 Å². The highest BCUT2D eigenvalue weighted by atomic mass is 16.5. The molecule has 186 valence electrons. The summed E-state index contributed by atoms with van der Waals surface area (Å²) < 4.78 is 5.60. The summed E-state index contributed by atoms with van der Waals surface area (Å²) in [7, 11) is 0. The molecule has 2 amide bonds. The molecular weight excluding hydrogens is 444 g/mol. The first kappa shape index (κ1) is 24.8. The van der Waals surface area contributed by atoms with Crippen LogP contribution in [-0.4, -0.2) is 42.3 Å². The third-order valence-corrected chi connectivity index (χ3v) is 7.27. The van der Waals surface area contributed by atoms with E-state index < -0.39 is 12.1 Å². The first-order chi connectivity index (χ1) is 17.0. The number of aliphatic carboxylic acids is 1. The van der Waals surface area contributed by atoms with E-state index in [9.17, 15) is 14.4 Å². The molecule has 0 spiro atoms. The molecule has 0 aromatic heterocycles. The molecule has 2 aromatic carbocycles. The molecule has 0 saturated heterocycles. The van der Waals surface area contributed by atoms with Gasteiger partial charge in [0.1, 0.15) is 6.61 Å². The number of hydrogen-bond acceptors (Lipinski definition) is 4. The number of carbonyl (C=O) groups is 3. The molecule has 3 N–H and O–H groups in total. The van der Waals surface area contributed by atoms with Gasteiger partial charge in [0.2, 0.25) is 5.91 Å². The summed E-state index contributed by atoms with van der Waals surface area (Å²) in [6, 6.07) is 16.2. The number of carboxylic acid groups (broad SMARTS) is 1. The van der Waals surface area contributed by atoms with Crippen LogP contribution >= 0.6 is 0 Å². The van der Waals surface area contributed by atoms with Crippen molar-refractivity contribution in [3.8, 4) is 11.1 Å². The number of fused-ring (bicyclic) bond motifs is 3. The quantitative estimate of drug-likeness (QED) is 0.459. The molecular formula is C28H34N2O5. The van der Waals surface area contributed by atoms with Crippen molar-refractivity contribution in [2.75, 3.05) is 13.2 Å². The van der Waals surface area contributed by atoms with E-state index >= 15 is 0 Å². The molecule has 1 fully saturated rings. The zero-order valence-corrected chi connectivity index (χ0v) is 20.2. The second-order valence-corrected chi connectivity index (χ2v) is 9.60. The molecule has 0 aliphatic heterocycles. The normalized spacial score (nSPS) is 19.5. The third kappa shape index (κ3) is 5.84. The molecule has 2 aliphatic carbocycles. The van der Waals surface area contributed by atoms with Gasteiger partial charge in [0, 0.05) is 18.5 Å². The second kappa shape index (κ2) is 11.4. The molecule has 35 heavy (non-hydrogen) atoms. The van der Waals surface area contributed by atoms with E-state index in [-0.39, 0.29) is 49.3 Å². The predicted octanol–water partition coefficient (Wildman–Crippen LogP) is 4.70. The number of amides is 2. The van der Waals surface area contributed by atoms with Gasteiger partial charge in [-0.2, -0.15) is 0 Å². The van der Waals surface area contributed by atoms with Crippen molar-refractivity contribution in [2.24, 2.45) is 11.8 Å². The SMILES string of the molecule is CCCC(CNC(=O)OCC1c2ccccc2-c2ccccc21)C(=O)NC1CCCC1CC(=O)O. The number of alkyl carbamates (subject to hydrolysis) is 1. The molecule has 0 heterocycles. The van der Waals surface area contributed by atoms with Gasteiger partial charge in [-0.25, -0.2) is 4.79 Å². The molecule has 1 saturated carbocycles. The van der Waals surface area contributed by atoms with E-state index in [0.29, 0.717) is 6.42 Å². The van der Waals surface area contributed by atoms with Crippen molar-refractivity contribution in [3.05, 3.63) is 59.7 Å². The average Bonchev–Trinajstić information content (AvgIpc) is 3.41. The summed E-state index contributed by atoms with van der Waals surface area (Å²) in [5.74, 6) is -1.40. The Kier molecular flexibility index (Phi) is 8.06. The summed E-state index contributed by atoms with van der Waals surface area (Å²) in [6.07, 6.45) is 3.49. The zero-order valence-electron chi connectivity index (χ0n) is 20.2. The molecule has 0 bridgehead atoms. The van der Waals surface area contributed by atoms with Gasteiger partial charge in [-0.1, -0.05) is 68.3 Å². The summed E-state index contributed by atoms with van der Waals surface area (Å²) in [6.45, 7) is 2.41. The van der Waals surface area contributed by atoms with Crippen molar-refractivity contribution in [1.29, 1.82) is 0 Å². The minimum Gasteiger partial charge on any atom is -0.481 e. The first-order valence-corrected chi connectivity index (χ1v) is 12.6. The smallest absolute Gasteiger partial charge is 0.407 e. The van der Waals surface area contributed by atoms with Crippen LogP contribution in [0, 0.1) is 11.8 Å². The van der Waals surface area contributed by atoms with Crippen molar-refractivity contribution < 1.29 is 24.2 Å². The number of rotatable bonds is 10. The van der Waals surface area contributed by atoms with Crippen LogP contribution in [0.15, 0.2) is 48.5 Å². The standard InChI is InChI=1S/C28H34N2O5/c1-2-8-19(27(33)30-25-14-7-9-18(25)15-26(31)32)16-29-28(34)35-17-24-22-12-5-3-10-20(22)21-11-4-6-13-23(21)24/h3-6,10-13,18-19,24-25H,2,7-9,14-17H2,1H3,(H,29,34)(H,30,33)(H,31,32). The van der Waals surface area contributed by atoms with Gasteiger partial charge in [-0.3, -0.25) is 9.59 Å². The maximum atomic E-state index is 12.9. The van der Waals surface area contributed by atoms with E-state index in [1.54, 1.807) is 0 Å².